The highest BCUT2D eigenvalue weighted by Crippen LogP contribution is 2.33. The van der Waals surface area contributed by atoms with Gasteiger partial charge in [0.1, 0.15) is 11.9 Å². The van der Waals surface area contributed by atoms with Crippen LogP contribution in [0.1, 0.15) is 18.4 Å². The van der Waals surface area contributed by atoms with Crippen molar-refractivity contribution >= 4 is 15.9 Å². The topological polar surface area (TPSA) is 79.4 Å². The summed E-state index contributed by atoms with van der Waals surface area (Å²) in [6, 6.07) is 9.95. The van der Waals surface area contributed by atoms with Crippen molar-refractivity contribution in [1.82, 2.24) is 14.1 Å². The lowest BCUT2D eigenvalue weighted by Crippen LogP contribution is -2.54. The van der Waals surface area contributed by atoms with Gasteiger partial charge in [0.25, 0.3) is 0 Å². The average molecular weight is 476 g/mol. The van der Waals surface area contributed by atoms with Gasteiger partial charge in [-0.3, -0.25) is 9.69 Å². The number of ether oxygens (including phenoxy) is 2. The molecule has 3 heterocycles. The van der Waals surface area contributed by atoms with Gasteiger partial charge in [-0.15, -0.1) is 0 Å². The highest BCUT2D eigenvalue weighted by molar-refractivity contribution is 7.89. The predicted octanol–water partition coefficient (Wildman–Crippen LogP) is 2.05. The first kappa shape index (κ1) is 22.1. The first-order valence-electron chi connectivity index (χ1n) is 11.1. The molecular formula is C23H26FN3O5S. The third-order valence-corrected chi connectivity index (χ3v) is 8.36. The number of sulfonamides is 1. The molecule has 2 fully saturated rings. The standard InChI is InChI=1S/C23H26FN3O5S/c24-18-4-6-19(7-5-18)33(29,30)27-9-1-2-20(27)23(28)26-12-10-25(11-13-26)15-17-3-8-21-22(14-17)32-16-31-21/h3-8,14,20H,1-2,9-13,15-16H2/t20-/m0/s1. The number of carbonyl (C=O) groups is 1. The lowest BCUT2D eigenvalue weighted by molar-refractivity contribution is -0.136. The van der Waals surface area contributed by atoms with Gasteiger partial charge in [-0.2, -0.15) is 4.31 Å². The highest BCUT2D eigenvalue weighted by atomic mass is 32.2. The van der Waals surface area contributed by atoms with Crippen LogP contribution in [-0.2, 0) is 21.4 Å². The molecule has 10 heteroatoms. The van der Waals surface area contributed by atoms with Crippen LogP contribution in [-0.4, -0.2) is 74.0 Å². The fraction of sp³-hybridized carbons (Fsp3) is 0.435. The van der Waals surface area contributed by atoms with Gasteiger partial charge >= 0.3 is 0 Å². The summed E-state index contributed by atoms with van der Waals surface area (Å²) in [5.41, 5.74) is 1.12. The Morgan fingerprint density at radius 1 is 0.970 bits per heavy atom. The summed E-state index contributed by atoms with van der Waals surface area (Å²) >= 11 is 0. The molecule has 2 aromatic carbocycles. The van der Waals surface area contributed by atoms with Crippen molar-refractivity contribution in [1.29, 1.82) is 0 Å². The molecule has 1 amide bonds. The first-order valence-corrected chi connectivity index (χ1v) is 12.5. The van der Waals surface area contributed by atoms with Crippen molar-refractivity contribution in [3.05, 3.63) is 53.8 Å². The minimum Gasteiger partial charge on any atom is -0.454 e. The van der Waals surface area contributed by atoms with E-state index in [2.05, 4.69) is 4.90 Å². The molecule has 8 nitrogen and oxygen atoms in total. The van der Waals surface area contributed by atoms with Gasteiger partial charge in [0.2, 0.25) is 22.7 Å². The molecule has 0 bridgehead atoms. The molecule has 5 rings (SSSR count). The van der Waals surface area contributed by atoms with Gasteiger partial charge < -0.3 is 14.4 Å². The Balaban J connectivity index is 1.21. The largest absolute Gasteiger partial charge is 0.454 e. The van der Waals surface area contributed by atoms with Crippen LogP contribution in [0.15, 0.2) is 47.4 Å². The SMILES string of the molecule is O=C([C@@H]1CCCN1S(=O)(=O)c1ccc(F)cc1)N1CCN(Cc2ccc3c(c2)OCO3)CC1. The molecule has 0 spiro atoms. The monoisotopic (exact) mass is 475 g/mol. The van der Waals surface area contributed by atoms with Crippen LogP contribution in [0.2, 0.25) is 0 Å². The van der Waals surface area contributed by atoms with Crippen LogP contribution in [0.5, 0.6) is 11.5 Å². The van der Waals surface area contributed by atoms with Crippen molar-refractivity contribution in [2.24, 2.45) is 0 Å². The van der Waals surface area contributed by atoms with E-state index in [1.54, 1.807) is 4.90 Å². The molecular weight excluding hydrogens is 449 g/mol. The number of nitrogens with zero attached hydrogens (tertiary/aromatic N) is 3. The van der Waals surface area contributed by atoms with E-state index in [-0.39, 0.29) is 17.6 Å². The molecule has 2 saturated heterocycles. The maximum absolute atomic E-state index is 13.2. The second-order valence-electron chi connectivity index (χ2n) is 8.52. The van der Waals surface area contributed by atoms with Gasteiger partial charge in [-0.25, -0.2) is 12.8 Å². The lowest BCUT2D eigenvalue weighted by Gasteiger charge is -2.37. The molecule has 176 valence electrons. The van der Waals surface area contributed by atoms with Gasteiger partial charge in [0.05, 0.1) is 4.90 Å². The number of piperazine rings is 1. The van der Waals surface area contributed by atoms with Gasteiger partial charge in [-0.05, 0) is 54.8 Å². The number of halogens is 1. The van der Waals surface area contributed by atoms with Gasteiger partial charge in [-0.1, -0.05) is 6.07 Å². The smallest absolute Gasteiger partial charge is 0.243 e. The fourth-order valence-corrected chi connectivity index (χ4v) is 6.30. The summed E-state index contributed by atoms with van der Waals surface area (Å²) in [5, 5.41) is 0. The second kappa shape index (κ2) is 8.92. The number of hydrogen-bond donors (Lipinski definition) is 0. The molecule has 0 saturated carbocycles. The highest BCUT2D eigenvalue weighted by Gasteiger charge is 2.41. The minimum absolute atomic E-state index is 0.0112. The summed E-state index contributed by atoms with van der Waals surface area (Å²) < 4.78 is 51.5. The molecule has 3 aliphatic heterocycles. The van der Waals surface area contributed by atoms with Crippen molar-refractivity contribution in [3.8, 4) is 11.5 Å². The third kappa shape index (κ3) is 4.42. The Kier molecular flexibility index (Phi) is 5.98. The molecule has 0 aromatic heterocycles. The maximum Gasteiger partial charge on any atom is 0.243 e. The molecule has 0 aliphatic carbocycles. The fourth-order valence-electron chi connectivity index (χ4n) is 4.65. The van der Waals surface area contributed by atoms with Crippen molar-refractivity contribution in [3.63, 3.8) is 0 Å². The van der Waals surface area contributed by atoms with E-state index in [9.17, 15) is 17.6 Å². The van der Waals surface area contributed by atoms with Crippen molar-refractivity contribution in [2.75, 3.05) is 39.5 Å². The van der Waals surface area contributed by atoms with Crippen molar-refractivity contribution < 1.29 is 27.1 Å². The Hall–Kier alpha value is -2.69. The van der Waals surface area contributed by atoms with Crippen molar-refractivity contribution in [2.45, 2.75) is 30.3 Å². The van der Waals surface area contributed by atoms with E-state index < -0.39 is 21.9 Å². The molecule has 0 N–H and O–H groups in total. The zero-order chi connectivity index (χ0) is 23.0. The number of benzene rings is 2. The minimum atomic E-state index is -3.86. The van der Waals surface area contributed by atoms with Crippen LogP contribution in [0.3, 0.4) is 0 Å². The van der Waals surface area contributed by atoms with Gasteiger partial charge in [0, 0.05) is 39.3 Å². The van der Waals surface area contributed by atoms with Crippen LogP contribution < -0.4 is 9.47 Å². The van der Waals surface area contributed by atoms with Gasteiger partial charge in [0.15, 0.2) is 11.5 Å². The Morgan fingerprint density at radius 2 is 1.70 bits per heavy atom. The number of fused-ring (bicyclic) bond motifs is 1. The molecule has 0 radical (unpaired) electrons. The summed E-state index contributed by atoms with van der Waals surface area (Å²) in [7, 11) is -3.86. The van der Waals surface area contributed by atoms with E-state index in [1.807, 2.05) is 18.2 Å². The number of amides is 1. The van der Waals surface area contributed by atoms with Crippen LogP contribution in [0.4, 0.5) is 4.39 Å². The van der Waals surface area contributed by atoms with E-state index in [1.165, 1.54) is 16.4 Å². The van der Waals surface area contributed by atoms with E-state index in [0.29, 0.717) is 45.6 Å². The summed E-state index contributed by atoms with van der Waals surface area (Å²) in [6.07, 6.45) is 1.12. The Labute approximate surface area is 192 Å². The molecule has 2 aromatic rings. The molecule has 33 heavy (non-hydrogen) atoms. The van der Waals surface area contributed by atoms with Crippen LogP contribution in [0, 0.1) is 5.82 Å². The van der Waals surface area contributed by atoms with E-state index >= 15 is 0 Å². The summed E-state index contributed by atoms with van der Waals surface area (Å²) in [4.78, 5) is 17.3. The predicted molar refractivity (Wildman–Crippen MR) is 118 cm³/mol. The van der Waals surface area contributed by atoms with E-state index in [4.69, 9.17) is 9.47 Å². The molecule has 1 atom stereocenters. The molecule has 0 unspecified atom stereocenters. The maximum atomic E-state index is 13.2. The zero-order valence-electron chi connectivity index (χ0n) is 18.2. The Morgan fingerprint density at radius 3 is 2.45 bits per heavy atom. The third-order valence-electron chi connectivity index (χ3n) is 6.44. The summed E-state index contributed by atoms with van der Waals surface area (Å²) in [5.74, 6) is 0.860. The second-order valence-corrected chi connectivity index (χ2v) is 10.4. The Bertz CT molecular complexity index is 1130. The number of hydrogen-bond acceptors (Lipinski definition) is 6. The average Bonchev–Trinajstić information content (AvgIpc) is 3.49. The first-order chi connectivity index (χ1) is 15.9. The quantitative estimate of drug-likeness (QED) is 0.659. The zero-order valence-corrected chi connectivity index (χ0v) is 19.0. The lowest BCUT2D eigenvalue weighted by atomic mass is 10.1. The van der Waals surface area contributed by atoms with Crippen LogP contribution in [0.25, 0.3) is 0 Å². The summed E-state index contributed by atoms with van der Waals surface area (Å²) in [6.45, 7) is 3.78. The normalized spacial score (nSPS) is 21.5. The van der Waals surface area contributed by atoms with Crippen LogP contribution >= 0.6 is 0 Å². The number of rotatable bonds is 5. The molecule has 3 aliphatic rings. The number of carbonyl (C=O) groups excluding carboxylic acids is 1. The van der Waals surface area contributed by atoms with E-state index in [0.717, 1.165) is 35.7 Å².